The summed E-state index contributed by atoms with van der Waals surface area (Å²) in [6, 6.07) is 0.878. The van der Waals surface area contributed by atoms with Gasteiger partial charge in [-0.05, 0) is 50.0 Å². The first-order chi connectivity index (χ1) is 6.35. The van der Waals surface area contributed by atoms with Crippen molar-refractivity contribution in [1.82, 2.24) is 5.32 Å². The van der Waals surface area contributed by atoms with Gasteiger partial charge in [0, 0.05) is 6.04 Å². The largest absolute Gasteiger partial charge is 0.314 e. The number of hydrogen-bond acceptors (Lipinski definition) is 1. The average molecular weight is 181 g/mol. The topological polar surface area (TPSA) is 12.0 Å². The van der Waals surface area contributed by atoms with Crippen LogP contribution in [0, 0.1) is 17.8 Å². The van der Waals surface area contributed by atoms with E-state index >= 15 is 0 Å². The Labute approximate surface area is 82.3 Å². The van der Waals surface area contributed by atoms with Gasteiger partial charge in [-0.2, -0.15) is 0 Å². The molecule has 0 saturated heterocycles. The molecule has 4 atom stereocenters. The van der Waals surface area contributed by atoms with Crippen LogP contribution in [-0.4, -0.2) is 12.6 Å². The normalized spacial score (nSPS) is 42.9. The van der Waals surface area contributed by atoms with E-state index < -0.39 is 0 Å². The van der Waals surface area contributed by atoms with Crippen molar-refractivity contribution in [2.45, 2.75) is 52.0 Å². The maximum atomic E-state index is 3.73. The van der Waals surface area contributed by atoms with E-state index in [9.17, 15) is 0 Å². The van der Waals surface area contributed by atoms with E-state index in [1.165, 1.54) is 38.6 Å². The molecule has 2 bridgehead atoms. The third-order valence-electron chi connectivity index (χ3n) is 4.13. The second kappa shape index (κ2) is 4.00. The number of rotatable bonds is 4. The van der Waals surface area contributed by atoms with Crippen molar-refractivity contribution in [3.8, 4) is 0 Å². The number of fused-ring (bicyclic) bond motifs is 2. The zero-order chi connectivity index (χ0) is 9.26. The van der Waals surface area contributed by atoms with Gasteiger partial charge in [0.15, 0.2) is 0 Å². The zero-order valence-corrected chi connectivity index (χ0v) is 9.05. The van der Waals surface area contributed by atoms with Crippen LogP contribution in [0.5, 0.6) is 0 Å². The highest BCUT2D eigenvalue weighted by Crippen LogP contribution is 2.49. The van der Waals surface area contributed by atoms with E-state index in [0.717, 1.165) is 23.8 Å². The second-order valence-corrected chi connectivity index (χ2v) is 4.97. The average Bonchev–Trinajstić information content (AvgIpc) is 2.72. The molecule has 0 aromatic rings. The summed E-state index contributed by atoms with van der Waals surface area (Å²) < 4.78 is 0. The summed E-state index contributed by atoms with van der Waals surface area (Å²) in [5.74, 6) is 3.15. The monoisotopic (exact) mass is 181 g/mol. The maximum Gasteiger partial charge on any atom is 0.0101 e. The number of hydrogen-bond donors (Lipinski definition) is 1. The highest BCUT2D eigenvalue weighted by Gasteiger charge is 2.44. The molecule has 2 aliphatic rings. The predicted molar refractivity (Wildman–Crippen MR) is 56.7 cm³/mol. The molecule has 76 valence electrons. The van der Waals surface area contributed by atoms with E-state index in [1.807, 2.05) is 0 Å². The van der Waals surface area contributed by atoms with Crippen LogP contribution in [-0.2, 0) is 0 Å². The molecule has 13 heavy (non-hydrogen) atoms. The Balaban J connectivity index is 1.86. The Morgan fingerprint density at radius 1 is 1.15 bits per heavy atom. The van der Waals surface area contributed by atoms with Crippen LogP contribution >= 0.6 is 0 Å². The Hall–Kier alpha value is -0.0400. The molecule has 1 N–H and O–H groups in total. The summed E-state index contributed by atoms with van der Waals surface area (Å²) in [7, 11) is 0. The van der Waals surface area contributed by atoms with Crippen LogP contribution in [0.1, 0.15) is 46.0 Å². The van der Waals surface area contributed by atoms with Gasteiger partial charge >= 0.3 is 0 Å². The predicted octanol–water partition coefficient (Wildman–Crippen LogP) is 2.81. The Kier molecular flexibility index (Phi) is 2.92. The Morgan fingerprint density at radius 3 is 2.62 bits per heavy atom. The lowest BCUT2D eigenvalue weighted by Gasteiger charge is -2.29. The lowest BCUT2D eigenvalue weighted by atomic mass is 9.83. The van der Waals surface area contributed by atoms with Gasteiger partial charge in [-0.15, -0.1) is 0 Å². The van der Waals surface area contributed by atoms with Gasteiger partial charge in [0.05, 0.1) is 0 Å². The molecule has 0 aliphatic heterocycles. The molecule has 1 heteroatoms. The van der Waals surface area contributed by atoms with Crippen LogP contribution in [0.4, 0.5) is 0 Å². The maximum absolute atomic E-state index is 3.73. The zero-order valence-electron chi connectivity index (χ0n) is 9.05. The Bertz CT molecular complexity index is 167. The van der Waals surface area contributed by atoms with Crippen LogP contribution < -0.4 is 5.32 Å². The van der Waals surface area contributed by atoms with Gasteiger partial charge < -0.3 is 5.32 Å². The minimum atomic E-state index is 0.878. The SMILES string of the molecule is CCCNC1CC2CC(CC)C1C2. The summed E-state index contributed by atoms with van der Waals surface area (Å²) in [5.41, 5.74) is 0. The van der Waals surface area contributed by atoms with Gasteiger partial charge in [-0.3, -0.25) is 0 Å². The van der Waals surface area contributed by atoms with Crippen molar-refractivity contribution in [3.05, 3.63) is 0 Å². The summed E-state index contributed by atoms with van der Waals surface area (Å²) in [6.07, 6.45) is 7.22. The number of nitrogens with one attached hydrogen (secondary N) is 1. The lowest BCUT2D eigenvalue weighted by molar-refractivity contribution is 0.254. The van der Waals surface area contributed by atoms with Crippen LogP contribution in [0.2, 0.25) is 0 Å². The molecule has 2 aliphatic carbocycles. The second-order valence-electron chi connectivity index (χ2n) is 4.97. The molecule has 0 spiro atoms. The molecule has 0 aromatic heterocycles. The molecule has 1 nitrogen and oxygen atoms in total. The molecule has 2 fully saturated rings. The fourth-order valence-electron chi connectivity index (χ4n) is 3.53. The van der Waals surface area contributed by atoms with Crippen LogP contribution in [0.15, 0.2) is 0 Å². The van der Waals surface area contributed by atoms with E-state index in [0.29, 0.717) is 0 Å². The van der Waals surface area contributed by atoms with E-state index in [1.54, 1.807) is 0 Å². The van der Waals surface area contributed by atoms with Crippen LogP contribution in [0.3, 0.4) is 0 Å². The summed E-state index contributed by atoms with van der Waals surface area (Å²) in [4.78, 5) is 0. The first-order valence-electron chi connectivity index (χ1n) is 6.08. The van der Waals surface area contributed by atoms with Crippen molar-refractivity contribution in [2.24, 2.45) is 17.8 Å². The smallest absolute Gasteiger partial charge is 0.0101 e. The van der Waals surface area contributed by atoms with E-state index in [4.69, 9.17) is 0 Å². The first-order valence-corrected chi connectivity index (χ1v) is 6.08. The molecule has 0 radical (unpaired) electrons. The van der Waals surface area contributed by atoms with Gasteiger partial charge in [0.25, 0.3) is 0 Å². The van der Waals surface area contributed by atoms with Crippen molar-refractivity contribution in [2.75, 3.05) is 6.54 Å². The van der Waals surface area contributed by atoms with Crippen LogP contribution in [0.25, 0.3) is 0 Å². The van der Waals surface area contributed by atoms with E-state index in [-0.39, 0.29) is 0 Å². The Morgan fingerprint density at radius 2 is 2.00 bits per heavy atom. The third kappa shape index (κ3) is 1.76. The summed E-state index contributed by atoms with van der Waals surface area (Å²) >= 11 is 0. The van der Waals surface area contributed by atoms with Gasteiger partial charge in [0.2, 0.25) is 0 Å². The molecule has 0 amide bonds. The highest BCUT2D eigenvalue weighted by molar-refractivity contribution is 4.98. The van der Waals surface area contributed by atoms with Gasteiger partial charge in [-0.1, -0.05) is 20.3 Å². The molecule has 0 heterocycles. The minimum Gasteiger partial charge on any atom is -0.314 e. The quantitative estimate of drug-likeness (QED) is 0.703. The molecular weight excluding hydrogens is 158 g/mol. The van der Waals surface area contributed by atoms with Gasteiger partial charge in [0.1, 0.15) is 0 Å². The fourth-order valence-corrected chi connectivity index (χ4v) is 3.53. The standard InChI is InChI=1S/C12H23N/c1-3-5-13-12-8-9-6-10(4-2)11(12)7-9/h9-13H,3-8H2,1-2H3. The molecule has 2 saturated carbocycles. The van der Waals surface area contributed by atoms with Gasteiger partial charge in [-0.25, -0.2) is 0 Å². The molecule has 0 aromatic carbocycles. The molecular formula is C12H23N. The third-order valence-corrected chi connectivity index (χ3v) is 4.13. The lowest BCUT2D eigenvalue weighted by Crippen LogP contribution is -2.37. The van der Waals surface area contributed by atoms with Crippen molar-refractivity contribution >= 4 is 0 Å². The highest BCUT2D eigenvalue weighted by atomic mass is 14.9. The van der Waals surface area contributed by atoms with Crippen molar-refractivity contribution in [1.29, 1.82) is 0 Å². The van der Waals surface area contributed by atoms with E-state index in [2.05, 4.69) is 19.2 Å². The van der Waals surface area contributed by atoms with Crippen molar-refractivity contribution < 1.29 is 0 Å². The molecule has 2 rings (SSSR count). The minimum absolute atomic E-state index is 0.878. The fraction of sp³-hybridized carbons (Fsp3) is 1.00. The van der Waals surface area contributed by atoms with Crippen molar-refractivity contribution in [3.63, 3.8) is 0 Å². The summed E-state index contributed by atoms with van der Waals surface area (Å²) in [5, 5.41) is 3.73. The molecule has 4 unspecified atom stereocenters. The summed E-state index contributed by atoms with van der Waals surface area (Å²) in [6.45, 7) is 5.85. The first kappa shape index (κ1) is 9.51.